The Hall–Kier alpha value is -3.16. The SMILES string of the molecule is COc1ncc(CN2CCOc3c(Cl)cc(-c4cccc5nccn45)cc3C2)cn1. The molecule has 0 spiro atoms. The number of ether oxygens (including phenoxy) is 2. The zero-order chi connectivity index (χ0) is 20.5. The minimum absolute atomic E-state index is 0.369. The zero-order valence-corrected chi connectivity index (χ0v) is 17.2. The lowest BCUT2D eigenvalue weighted by Crippen LogP contribution is -2.25. The first kappa shape index (κ1) is 18.8. The van der Waals surface area contributed by atoms with Crippen LogP contribution >= 0.6 is 11.6 Å². The molecule has 4 aromatic rings. The first-order chi connectivity index (χ1) is 14.7. The third-order valence-electron chi connectivity index (χ3n) is 5.16. The van der Waals surface area contributed by atoms with Crippen molar-refractivity contribution in [3.8, 4) is 23.0 Å². The van der Waals surface area contributed by atoms with E-state index in [1.165, 1.54) is 0 Å². The molecule has 7 nitrogen and oxygen atoms in total. The molecule has 0 N–H and O–H groups in total. The fourth-order valence-electron chi connectivity index (χ4n) is 3.78. The highest BCUT2D eigenvalue weighted by Crippen LogP contribution is 2.36. The first-order valence-electron chi connectivity index (χ1n) is 9.66. The van der Waals surface area contributed by atoms with E-state index in [0.717, 1.165) is 46.9 Å². The summed E-state index contributed by atoms with van der Waals surface area (Å²) in [6.45, 7) is 2.78. The smallest absolute Gasteiger partial charge is 0.316 e. The number of fused-ring (bicyclic) bond motifs is 2. The van der Waals surface area contributed by atoms with E-state index in [9.17, 15) is 0 Å². The molecule has 0 atom stereocenters. The highest BCUT2D eigenvalue weighted by molar-refractivity contribution is 6.32. The van der Waals surface area contributed by atoms with Gasteiger partial charge in [0.25, 0.3) is 0 Å². The van der Waals surface area contributed by atoms with Crippen LogP contribution in [-0.4, -0.2) is 44.5 Å². The summed E-state index contributed by atoms with van der Waals surface area (Å²) in [5.41, 5.74) is 5.04. The minimum atomic E-state index is 0.369. The van der Waals surface area contributed by atoms with Crippen LogP contribution in [0.1, 0.15) is 11.1 Å². The van der Waals surface area contributed by atoms with Crippen molar-refractivity contribution in [1.82, 2.24) is 24.3 Å². The standard InChI is InChI=1S/C22H20ClN5O2/c1-29-22-25-11-15(12-26-22)13-27-7-8-30-21-17(14-27)9-16(10-18(21)23)19-3-2-4-20-24-5-6-28(19)20/h2-6,9-12H,7-8,13-14H2,1H3. The van der Waals surface area contributed by atoms with Crippen molar-refractivity contribution in [2.45, 2.75) is 13.1 Å². The summed E-state index contributed by atoms with van der Waals surface area (Å²) >= 11 is 6.63. The van der Waals surface area contributed by atoms with Gasteiger partial charge in [-0.25, -0.2) is 15.0 Å². The summed E-state index contributed by atoms with van der Waals surface area (Å²) in [6.07, 6.45) is 7.34. The number of benzene rings is 1. The van der Waals surface area contributed by atoms with Gasteiger partial charge in [-0.15, -0.1) is 0 Å². The average molecular weight is 422 g/mol. The molecule has 0 fully saturated rings. The van der Waals surface area contributed by atoms with Crippen LogP contribution in [0.3, 0.4) is 0 Å². The van der Waals surface area contributed by atoms with E-state index < -0.39 is 0 Å². The van der Waals surface area contributed by atoms with Crippen molar-refractivity contribution in [3.63, 3.8) is 0 Å². The van der Waals surface area contributed by atoms with E-state index in [1.807, 2.05) is 24.4 Å². The summed E-state index contributed by atoms with van der Waals surface area (Å²) in [5, 5.41) is 0.620. The molecule has 4 heterocycles. The number of hydrogen-bond acceptors (Lipinski definition) is 6. The lowest BCUT2D eigenvalue weighted by atomic mass is 10.1. The largest absolute Gasteiger partial charge is 0.490 e. The van der Waals surface area contributed by atoms with Gasteiger partial charge in [-0.2, -0.15) is 0 Å². The molecule has 1 aliphatic rings. The van der Waals surface area contributed by atoms with Gasteiger partial charge in [0.15, 0.2) is 0 Å². The van der Waals surface area contributed by atoms with Crippen molar-refractivity contribution in [1.29, 1.82) is 0 Å². The quantitative estimate of drug-likeness (QED) is 0.498. The number of aromatic nitrogens is 4. The average Bonchev–Trinajstić information content (AvgIpc) is 3.15. The Bertz CT molecular complexity index is 1190. The maximum atomic E-state index is 6.63. The molecule has 0 amide bonds. The van der Waals surface area contributed by atoms with Gasteiger partial charge in [0.05, 0.1) is 17.8 Å². The van der Waals surface area contributed by atoms with E-state index >= 15 is 0 Å². The molecule has 152 valence electrons. The van der Waals surface area contributed by atoms with Gasteiger partial charge in [0.2, 0.25) is 0 Å². The molecule has 30 heavy (non-hydrogen) atoms. The van der Waals surface area contributed by atoms with Gasteiger partial charge in [0.1, 0.15) is 18.0 Å². The first-order valence-corrected chi connectivity index (χ1v) is 10.0. The normalized spacial score (nSPS) is 14.2. The number of imidazole rings is 1. The number of hydrogen-bond donors (Lipinski definition) is 0. The van der Waals surface area contributed by atoms with Crippen LogP contribution in [0.15, 0.2) is 55.1 Å². The van der Waals surface area contributed by atoms with Gasteiger partial charge in [-0.05, 0) is 24.3 Å². The molecule has 0 aliphatic carbocycles. The summed E-state index contributed by atoms with van der Waals surface area (Å²) in [5.74, 6) is 0.756. The fraction of sp³-hybridized carbons (Fsp3) is 0.227. The maximum absolute atomic E-state index is 6.63. The van der Waals surface area contributed by atoms with Crippen molar-refractivity contribution >= 4 is 17.2 Å². The lowest BCUT2D eigenvalue weighted by molar-refractivity contribution is 0.219. The molecule has 1 aromatic carbocycles. The molecule has 0 saturated heterocycles. The second-order valence-electron chi connectivity index (χ2n) is 7.15. The summed E-state index contributed by atoms with van der Waals surface area (Å²) < 4.78 is 13.1. The second kappa shape index (κ2) is 7.93. The number of rotatable bonds is 4. The number of pyridine rings is 1. The summed E-state index contributed by atoms with van der Waals surface area (Å²) in [7, 11) is 1.56. The fourth-order valence-corrected chi connectivity index (χ4v) is 4.07. The Morgan fingerprint density at radius 1 is 1.17 bits per heavy atom. The molecule has 8 heteroatoms. The Morgan fingerprint density at radius 3 is 2.87 bits per heavy atom. The van der Waals surface area contributed by atoms with Crippen LogP contribution in [-0.2, 0) is 13.1 Å². The third-order valence-corrected chi connectivity index (χ3v) is 5.44. The Morgan fingerprint density at radius 2 is 2.03 bits per heavy atom. The topological polar surface area (TPSA) is 64.8 Å². The second-order valence-corrected chi connectivity index (χ2v) is 7.56. The van der Waals surface area contributed by atoms with Crippen LogP contribution in [0.2, 0.25) is 5.02 Å². The van der Waals surface area contributed by atoms with Crippen LogP contribution in [0, 0.1) is 0 Å². The predicted octanol–water partition coefficient (Wildman–Crippen LogP) is 3.85. The third kappa shape index (κ3) is 3.58. The van der Waals surface area contributed by atoms with E-state index in [1.54, 1.807) is 25.7 Å². The van der Waals surface area contributed by atoms with Crippen LogP contribution in [0.25, 0.3) is 16.9 Å². The lowest BCUT2D eigenvalue weighted by Gasteiger charge is -2.19. The van der Waals surface area contributed by atoms with E-state index in [2.05, 4.69) is 36.4 Å². The van der Waals surface area contributed by atoms with Crippen LogP contribution in [0.5, 0.6) is 11.8 Å². The maximum Gasteiger partial charge on any atom is 0.316 e. The number of methoxy groups -OCH3 is 1. The Labute approximate surface area is 178 Å². The molecular weight excluding hydrogens is 402 g/mol. The summed E-state index contributed by atoms with van der Waals surface area (Å²) in [4.78, 5) is 15.1. The van der Waals surface area contributed by atoms with Gasteiger partial charge >= 0.3 is 6.01 Å². The van der Waals surface area contributed by atoms with Crippen LogP contribution in [0.4, 0.5) is 0 Å². The van der Waals surface area contributed by atoms with Gasteiger partial charge in [-0.3, -0.25) is 9.30 Å². The summed E-state index contributed by atoms with van der Waals surface area (Å²) in [6, 6.07) is 10.5. The van der Waals surface area contributed by atoms with E-state index in [-0.39, 0.29) is 0 Å². The van der Waals surface area contributed by atoms with E-state index in [0.29, 0.717) is 24.2 Å². The highest BCUT2D eigenvalue weighted by atomic mass is 35.5. The molecule has 3 aromatic heterocycles. The van der Waals surface area contributed by atoms with Gasteiger partial charge < -0.3 is 9.47 Å². The van der Waals surface area contributed by atoms with E-state index in [4.69, 9.17) is 21.1 Å². The molecule has 5 rings (SSSR count). The predicted molar refractivity (Wildman–Crippen MR) is 114 cm³/mol. The Kier molecular flexibility index (Phi) is 4.98. The molecule has 1 aliphatic heterocycles. The van der Waals surface area contributed by atoms with Gasteiger partial charge in [-0.1, -0.05) is 17.7 Å². The molecule has 0 saturated carbocycles. The highest BCUT2D eigenvalue weighted by Gasteiger charge is 2.20. The zero-order valence-electron chi connectivity index (χ0n) is 16.5. The number of nitrogens with zero attached hydrogens (tertiary/aromatic N) is 5. The van der Waals surface area contributed by atoms with Crippen molar-refractivity contribution in [2.24, 2.45) is 0 Å². The van der Waals surface area contributed by atoms with Gasteiger partial charge in [0, 0.05) is 61.1 Å². The van der Waals surface area contributed by atoms with Crippen molar-refractivity contribution in [3.05, 3.63) is 71.3 Å². The number of halogens is 1. The Balaban J connectivity index is 1.47. The molecule has 0 unspecified atom stereocenters. The van der Waals surface area contributed by atoms with Crippen LogP contribution < -0.4 is 9.47 Å². The molecular formula is C22H20ClN5O2. The molecule has 0 bridgehead atoms. The van der Waals surface area contributed by atoms with Crippen molar-refractivity contribution < 1.29 is 9.47 Å². The monoisotopic (exact) mass is 421 g/mol. The van der Waals surface area contributed by atoms with Crippen molar-refractivity contribution in [2.75, 3.05) is 20.3 Å². The molecule has 0 radical (unpaired) electrons. The minimum Gasteiger partial charge on any atom is -0.490 e.